The lowest BCUT2D eigenvalue weighted by Gasteiger charge is -2.18. The Hall–Kier alpha value is -1.72. The van der Waals surface area contributed by atoms with Crippen molar-refractivity contribution >= 4 is 11.4 Å². The summed E-state index contributed by atoms with van der Waals surface area (Å²) in [5.74, 6) is -1.81. The van der Waals surface area contributed by atoms with Crippen molar-refractivity contribution < 1.29 is 13.7 Å². The number of nitrogens with one attached hydrogen (secondary N) is 1. The van der Waals surface area contributed by atoms with Crippen LogP contribution in [0, 0.1) is 21.7 Å². The van der Waals surface area contributed by atoms with Gasteiger partial charge in [0.2, 0.25) is 0 Å². The van der Waals surface area contributed by atoms with E-state index in [1.807, 2.05) is 0 Å². The first-order valence-corrected chi connectivity index (χ1v) is 6.48. The van der Waals surface area contributed by atoms with Crippen LogP contribution in [0.4, 0.5) is 20.2 Å². The van der Waals surface area contributed by atoms with Crippen LogP contribution < -0.4 is 5.32 Å². The van der Waals surface area contributed by atoms with E-state index in [2.05, 4.69) is 5.32 Å². The molecular formula is C13H16F2N2O2. The van der Waals surface area contributed by atoms with Crippen LogP contribution in [0.25, 0.3) is 0 Å². The highest BCUT2D eigenvalue weighted by molar-refractivity contribution is 5.52. The molecule has 0 unspecified atom stereocenters. The van der Waals surface area contributed by atoms with E-state index in [1.54, 1.807) is 0 Å². The third-order valence-corrected chi connectivity index (χ3v) is 3.44. The van der Waals surface area contributed by atoms with E-state index in [-0.39, 0.29) is 11.7 Å². The van der Waals surface area contributed by atoms with Crippen molar-refractivity contribution in [2.45, 2.75) is 44.6 Å². The van der Waals surface area contributed by atoms with Gasteiger partial charge in [-0.15, -0.1) is 0 Å². The van der Waals surface area contributed by atoms with E-state index in [1.165, 1.54) is 0 Å². The minimum Gasteiger partial charge on any atom is -0.378 e. The second kappa shape index (κ2) is 5.95. The fourth-order valence-electron chi connectivity index (χ4n) is 2.43. The van der Waals surface area contributed by atoms with Crippen molar-refractivity contribution in [2.75, 3.05) is 5.32 Å². The summed E-state index contributed by atoms with van der Waals surface area (Å²) in [4.78, 5) is 9.70. The molecule has 0 bridgehead atoms. The summed E-state index contributed by atoms with van der Waals surface area (Å²) in [6, 6.07) is 1.54. The van der Waals surface area contributed by atoms with Gasteiger partial charge in [-0.25, -0.2) is 8.78 Å². The Bertz CT molecular complexity index is 449. The van der Waals surface area contributed by atoms with Crippen LogP contribution >= 0.6 is 0 Å². The number of anilines is 1. The normalized spacial score (nSPS) is 16.9. The van der Waals surface area contributed by atoms with Gasteiger partial charge in [0.05, 0.1) is 17.1 Å². The zero-order valence-electron chi connectivity index (χ0n) is 10.5. The predicted octanol–water partition coefficient (Wildman–Crippen LogP) is 4.01. The lowest BCUT2D eigenvalue weighted by atomic mass is 10.1. The van der Waals surface area contributed by atoms with Gasteiger partial charge in [-0.2, -0.15) is 0 Å². The smallest absolute Gasteiger partial charge is 0.275 e. The summed E-state index contributed by atoms with van der Waals surface area (Å²) in [6.45, 7) is 0. The van der Waals surface area contributed by atoms with Crippen molar-refractivity contribution in [3.8, 4) is 0 Å². The SMILES string of the molecule is O=[N+]([O-])c1cc(F)c(NC2CCCCCC2)c(F)c1. The Morgan fingerprint density at radius 1 is 1.11 bits per heavy atom. The van der Waals surface area contributed by atoms with Gasteiger partial charge in [-0.1, -0.05) is 25.7 Å². The molecule has 4 nitrogen and oxygen atoms in total. The van der Waals surface area contributed by atoms with Crippen LogP contribution in [-0.2, 0) is 0 Å². The van der Waals surface area contributed by atoms with Crippen LogP contribution in [0.3, 0.4) is 0 Å². The Morgan fingerprint density at radius 2 is 1.63 bits per heavy atom. The van der Waals surface area contributed by atoms with Gasteiger partial charge in [-0.3, -0.25) is 10.1 Å². The molecule has 1 aliphatic rings. The van der Waals surface area contributed by atoms with Crippen molar-refractivity contribution in [1.82, 2.24) is 0 Å². The Morgan fingerprint density at radius 3 is 2.11 bits per heavy atom. The Labute approximate surface area is 110 Å². The molecule has 1 aliphatic carbocycles. The van der Waals surface area contributed by atoms with Gasteiger partial charge >= 0.3 is 0 Å². The molecule has 0 saturated heterocycles. The van der Waals surface area contributed by atoms with Crippen LogP contribution in [-0.4, -0.2) is 11.0 Å². The number of halogens is 2. The van der Waals surface area contributed by atoms with E-state index in [4.69, 9.17) is 0 Å². The molecule has 104 valence electrons. The Kier molecular flexibility index (Phi) is 4.29. The summed E-state index contributed by atoms with van der Waals surface area (Å²) in [5, 5.41) is 13.4. The zero-order valence-corrected chi connectivity index (χ0v) is 10.5. The molecule has 1 aromatic carbocycles. The molecule has 19 heavy (non-hydrogen) atoms. The van der Waals surface area contributed by atoms with Gasteiger partial charge in [-0.05, 0) is 12.8 Å². The first-order chi connectivity index (χ1) is 9.08. The van der Waals surface area contributed by atoms with Crippen molar-refractivity contribution in [3.05, 3.63) is 33.9 Å². The number of hydrogen-bond acceptors (Lipinski definition) is 3. The monoisotopic (exact) mass is 270 g/mol. The number of benzene rings is 1. The molecule has 0 radical (unpaired) electrons. The second-order valence-corrected chi connectivity index (χ2v) is 4.87. The van der Waals surface area contributed by atoms with E-state index in [0.29, 0.717) is 0 Å². The van der Waals surface area contributed by atoms with Crippen LogP contribution in [0.2, 0.25) is 0 Å². The van der Waals surface area contributed by atoms with Crippen LogP contribution in [0.15, 0.2) is 12.1 Å². The highest BCUT2D eigenvalue weighted by Gasteiger charge is 2.20. The van der Waals surface area contributed by atoms with E-state index in [0.717, 1.165) is 50.7 Å². The molecule has 0 amide bonds. The lowest BCUT2D eigenvalue weighted by molar-refractivity contribution is -0.385. The molecule has 0 aliphatic heterocycles. The first-order valence-electron chi connectivity index (χ1n) is 6.48. The van der Waals surface area contributed by atoms with Crippen molar-refractivity contribution in [3.63, 3.8) is 0 Å². The molecule has 6 heteroatoms. The van der Waals surface area contributed by atoms with Gasteiger partial charge < -0.3 is 5.32 Å². The van der Waals surface area contributed by atoms with Crippen molar-refractivity contribution in [1.29, 1.82) is 0 Å². The average Bonchev–Trinajstić information content (AvgIpc) is 2.61. The summed E-state index contributed by atoms with van der Waals surface area (Å²) in [5.41, 5.74) is -0.820. The first kappa shape index (κ1) is 13.7. The van der Waals surface area contributed by atoms with E-state index < -0.39 is 22.2 Å². The van der Waals surface area contributed by atoms with Crippen LogP contribution in [0.1, 0.15) is 38.5 Å². The number of hydrogen-bond donors (Lipinski definition) is 1. The fourth-order valence-corrected chi connectivity index (χ4v) is 2.43. The highest BCUT2D eigenvalue weighted by Crippen LogP contribution is 2.28. The van der Waals surface area contributed by atoms with E-state index >= 15 is 0 Å². The number of nitro benzene ring substituents is 1. The number of rotatable bonds is 3. The lowest BCUT2D eigenvalue weighted by Crippen LogP contribution is -2.20. The summed E-state index contributed by atoms with van der Waals surface area (Å²) in [7, 11) is 0. The van der Waals surface area contributed by atoms with E-state index in [9.17, 15) is 18.9 Å². The molecule has 0 heterocycles. The van der Waals surface area contributed by atoms with Crippen LogP contribution in [0.5, 0.6) is 0 Å². The molecule has 2 rings (SSSR count). The van der Waals surface area contributed by atoms with Crippen molar-refractivity contribution in [2.24, 2.45) is 0 Å². The molecule has 1 aromatic rings. The second-order valence-electron chi connectivity index (χ2n) is 4.87. The van der Waals surface area contributed by atoms with Gasteiger partial charge in [0.15, 0.2) is 11.6 Å². The number of non-ortho nitro benzene ring substituents is 1. The maximum atomic E-state index is 13.7. The number of nitro groups is 1. The number of nitrogens with zero attached hydrogens (tertiary/aromatic N) is 1. The topological polar surface area (TPSA) is 55.2 Å². The largest absolute Gasteiger partial charge is 0.378 e. The molecule has 1 saturated carbocycles. The highest BCUT2D eigenvalue weighted by atomic mass is 19.1. The van der Waals surface area contributed by atoms with Gasteiger partial charge in [0.25, 0.3) is 5.69 Å². The predicted molar refractivity (Wildman–Crippen MR) is 68.1 cm³/mol. The fraction of sp³-hybridized carbons (Fsp3) is 0.538. The summed E-state index contributed by atoms with van der Waals surface area (Å²) >= 11 is 0. The molecular weight excluding hydrogens is 254 g/mol. The summed E-state index contributed by atoms with van der Waals surface area (Å²) in [6.07, 6.45) is 6.10. The third kappa shape index (κ3) is 3.39. The standard InChI is InChI=1S/C13H16F2N2O2/c14-11-7-10(17(18)19)8-12(15)13(11)16-9-5-3-1-2-4-6-9/h7-9,16H,1-6H2. The molecule has 0 atom stereocenters. The molecule has 0 spiro atoms. The summed E-state index contributed by atoms with van der Waals surface area (Å²) < 4.78 is 27.4. The maximum absolute atomic E-state index is 13.7. The third-order valence-electron chi connectivity index (χ3n) is 3.44. The maximum Gasteiger partial charge on any atom is 0.275 e. The van der Waals surface area contributed by atoms with Gasteiger partial charge in [0.1, 0.15) is 5.69 Å². The van der Waals surface area contributed by atoms with Gasteiger partial charge in [0, 0.05) is 6.04 Å². The minimum atomic E-state index is -0.907. The molecule has 0 aromatic heterocycles. The average molecular weight is 270 g/mol. The minimum absolute atomic E-state index is 0.0351. The molecule has 1 N–H and O–H groups in total. The quantitative estimate of drug-likeness (QED) is 0.513. The molecule has 1 fully saturated rings. The zero-order chi connectivity index (χ0) is 13.8. The Balaban J connectivity index is 2.17.